The van der Waals surface area contributed by atoms with Crippen molar-refractivity contribution in [3.63, 3.8) is 0 Å². The van der Waals surface area contributed by atoms with Gasteiger partial charge in [0.15, 0.2) is 0 Å². The molecule has 1 aliphatic heterocycles. The SMILES string of the molecule is COc1ncccc1C(=O)NC1CN(C)CCn2c1nc(-c1ccncc1)cc2=O. The van der Waals surface area contributed by atoms with Gasteiger partial charge < -0.3 is 15.0 Å². The number of carbonyl (C=O) groups excluding carboxylic acids is 1. The van der Waals surface area contributed by atoms with E-state index in [-0.39, 0.29) is 17.3 Å². The summed E-state index contributed by atoms with van der Waals surface area (Å²) < 4.78 is 6.83. The number of ether oxygens (including phenoxy) is 1. The maximum atomic E-state index is 13.0. The van der Waals surface area contributed by atoms with Gasteiger partial charge in [0.2, 0.25) is 5.88 Å². The summed E-state index contributed by atoms with van der Waals surface area (Å²) in [6.07, 6.45) is 4.87. The normalized spacial score (nSPS) is 16.4. The van der Waals surface area contributed by atoms with Crippen molar-refractivity contribution in [3.8, 4) is 17.1 Å². The summed E-state index contributed by atoms with van der Waals surface area (Å²) in [7, 11) is 3.42. The first-order valence-electron chi connectivity index (χ1n) is 9.57. The fraction of sp³-hybridized carbons (Fsp3) is 0.286. The lowest BCUT2D eigenvalue weighted by molar-refractivity contribution is 0.0923. The molecule has 3 aromatic heterocycles. The third-order valence-corrected chi connectivity index (χ3v) is 5.04. The fourth-order valence-electron chi connectivity index (χ4n) is 3.51. The molecule has 0 saturated heterocycles. The van der Waals surface area contributed by atoms with Gasteiger partial charge in [0.05, 0.1) is 12.8 Å². The molecular weight excluding hydrogens is 384 g/mol. The number of methoxy groups -OCH3 is 1. The van der Waals surface area contributed by atoms with E-state index in [0.717, 1.165) is 5.56 Å². The fourth-order valence-corrected chi connectivity index (χ4v) is 3.51. The summed E-state index contributed by atoms with van der Waals surface area (Å²) in [5, 5.41) is 3.01. The third-order valence-electron chi connectivity index (χ3n) is 5.04. The topological polar surface area (TPSA) is 102 Å². The van der Waals surface area contributed by atoms with Gasteiger partial charge in [-0.1, -0.05) is 0 Å². The Balaban J connectivity index is 1.74. The monoisotopic (exact) mass is 406 g/mol. The summed E-state index contributed by atoms with van der Waals surface area (Å²) in [6.45, 7) is 1.68. The van der Waals surface area contributed by atoms with Crippen molar-refractivity contribution in [3.05, 3.63) is 70.7 Å². The molecule has 1 aliphatic rings. The predicted molar refractivity (Wildman–Crippen MR) is 110 cm³/mol. The van der Waals surface area contributed by atoms with E-state index in [1.165, 1.54) is 13.2 Å². The highest BCUT2D eigenvalue weighted by atomic mass is 16.5. The van der Waals surface area contributed by atoms with Crippen molar-refractivity contribution < 1.29 is 9.53 Å². The standard InChI is InChI=1S/C21H22N6O3/c1-26-10-11-27-18(28)12-16(14-5-8-22-9-6-14)24-19(27)17(13-26)25-20(29)15-4-3-7-23-21(15)30-2/h3-9,12,17H,10-11,13H2,1-2H3,(H,25,29). The molecule has 1 N–H and O–H groups in total. The van der Waals surface area contributed by atoms with Crippen molar-refractivity contribution in [1.82, 2.24) is 29.7 Å². The Morgan fingerprint density at radius 2 is 2.00 bits per heavy atom. The summed E-state index contributed by atoms with van der Waals surface area (Å²) in [5.74, 6) is 0.429. The number of amides is 1. The van der Waals surface area contributed by atoms with Crippen molar-refractivity contribution in [1.29, 1.82) is 0 Å². The second-order valence-corrected chi connectivity index (χ2v) is 7.07. The highest BCUT2D eigenvalue weighted by molar-refractivity contribution is 5.96. The van der Waals surface area contributed by atoms with Crippen molar-refractivity contribution in [2.24, 2.45) is 0 Å². The molecule has 30 heavy (non-hydrogen) atoms. The van der Waals surface area contributed by atoms with Gasteiger partial charge in [-0.2, -0.15) is 0 Å². The Labute approximate surface area is 173 Å². The Morgan fingerprint density at radius 1 is 1.20 bits per heavy atom. The zero-order chi connectivity index (χ0) is 21.1. The minimum atomic E-state index is -0.482. The average molecular weight is 406 g/mol. The quantitative estimate of drug-likeness (QED) is 0.693. The second kappa shape index (κ2) is 8.42. The first-order valence-corrected chi connectivity index (χ1v) is 9.57. The van der Waals surface area contributed by atoms with Gasteiger partial charge in [0, 0.05) is 49.9 Å². The van der Waals surface area contributed by atoms with Crippen LogP contribution in [-0.4, -0.2) is 57.6 Å². The van der Waals surface area contributed by atoms with Crippen LogP contribution in [0.4, 0.5) is 0 Å². The van der Waals surface area contributed by atoms with Crippen LogP contribution >= 0.6 is 0 Å². The number of nitrogens with one attached hydrogen (secondary N) is 1. The number of aromatic nitrogens is 4. The Kier molecular flexibility index (Phi) is 5.53. The van der Waals surface area contributed by atoms with Gasteiger partial charge in [-0.25, -0.2) is 9.97 Å². The molecule has 1 atom stereocenters. The maximum absolute atomic E-state index is 13.0. The molecule has 0 aliphatic carbocycles. The summed E-state index contributed by atoms with van der Waals surface area (Å²) in [4.78, 5) is 40.8. The van der Waals surface area contributed by atoms with Crippen LogP contribution in [0.2, 0.25) is 0 Å². The number of hydrogen-bond donors (Lipinski definition) is 1. The molecule has 0 spiro atoms. The second-order valence-electron chi connectivity index (χ2n) is 7.07. The van der Waals surface area contributed by atoms with Gasteiger partial charge in [-0.15, -0.1) is 0 Å². The maximum Gasteiger partial charge on any atom is 0.257 e. The van der Waals surface area contributed by atoms with Gasteiger partial charge in [0.1, 0.15) is 17.4 Å². The van der Waals surface area contributed by atoms with Gasteiger partial charge in [-0.3, -0.25) is 19.1 Å². The summed E-state index contributed by atoms with van der Waals surface area (Å²) in [5.41, 5.74) is 1.52. The van der Waals surface area contributed by atoms with E-state index in [1.54, 1.807) is 47.4 Å². The molecular formula is C21H22N6O3. The van der Waals surface area contributed by atoms with Crippen LogP contribution in [0.5, 0.6) is 5.88 Å². The Hall–Kier alpha value is -3.59. The molecule has 0 aromatic carbocycles. The zero-order valence-corrected chi connectivity index (χ0v) is 16.8. The van der Waals surface area contributed by atoms with Crippen molar-refractivity contribution in [2.45, 2.75) is 12.6 Å². The smallest absolute Gasteiger partial charge is 0.257 e. The Morgan fingerprint density at radius 3 is 2.77 bits per heavy atom. The molecule has 154 valence electrons. The predicted octanol–water partition coefficient (Wildman–Crippen LogP) is 1.13. The largest absolute Gasteiger partial charge is 0.480 e. The minimum absolute atomic E-state index is 0.152. The lowest BCUT2D eigenvalue weighted by atomic mass is 10.1. The number of fused-ring (bicyclic) bond motifs is 1. The van der Waals surface area contributed by atoms with E-state index < -0.39 is 6.04 Å². The van der Waals surface area contributed by atoms with Gasteiger partial charge in [-0.05, 0) is 31.3 Å². The highest BCUT2D eigenvalue weighted by Gasteiger charge is 2.27. The van der Waals surface area contributed by atoms with Crippen LogP contribution in [-0.2, 0) is 6.54 Å². The molecule has 0 fully saturated rings. The molecule has 9 nitrogen and oxygen atoms in total. The summed E-state index contributed by atoms with van der Waals surface area (Å²) in [6, 6.07) is 7.97. The third kappa shape index (κ3) is 3.92. The van der Waals surface area contributed by atoms with E-state index in [4.69, 9.17) is 9.72 Å². The van der Waals surface area contributed by atoms with E-state index in [9.17, 15) is 9.59 Å². The highest BCUT2D eigenvalue weighted by Crippen LogP contribution is 2.21. The lowest BCUT2D eigenvalue weighted by Crippen LogP contribution is -2.37. The van der Waals surface area contributed by atoms with E-state index in [2.05, 4.69) is 20.2 Å². The van der Waals surface area contributed by atoms with Crippen LogP contribution in [0.25, 0.3) is 11.3 Å². The number of nitrogens with zero attached hydrogens (tertiary/aromatic N) is 5. The van der Waals surface area contributed by atoms with Gasteiger partial charge in [0.25, 0.3) is 11.5 Å². The van der Waals surface area contributed by atoms with E-state index in [1.807, 2.05) is 7.05 Å². The van der Waals surface area contributed by atoms with Gasteiger partial charge >= 0.3 is 0 Å². The molecule has 3 aromatic rings. The first kappa shape index (κ1) is 19.7. The molecule has 0 bridgehead atoms. The number of likely N-dealkylation sites (N-methyl/N-ethyl adjacent to an activating group) is 1. The number of rotatable bonds is 4. The van der Waals surface area contributed by atoms with Crippen LogP contribution < -0.4 is 15.6 Å². The Bertz CT molecular complexity index is 1120. The lowest BCUT2D eigenvalue weighted by Gasteiger charge is -2.22. The molecule has 0 saturated carbocycles. The molecule has 4 heterocycles. The summed E-state index contributed by atoms with van der Waals surface area (Å²) >= 11 is 0. The van der Waals surface area contributed by atoms with Crippen molar-refractivity contribution >= 4 is 5.91 Å². The molecule has 0 radical (unpaired) electrons. The number of pyridine rings is 2. The zero-order valence-electron chi connectivity index (χ0n) is 16.8. The minimum Gasteiger partial charge on any atom is -0.480 e. The van der Waals surface area contributed by atoms with E-state index in [0.29, 0.717) is 36.7 Å². The number of hydrogen-bond acceptors (Lipinski definition) is 7. The molecule has 4 rings (SSSR count). The molecule has 9 heteroatoms. The molecule has 1 unspecified atom stereocenters. The number of carbonyl (C=O) groups is 1. The van der Waals surface area contributed by atoms with Crippen molar-refractivity contribution in [2.75, 3.05) is 27.2 Å². The first-order chi connectivity index (χ1) is 14.6. The van der Waals surface area contributed by atoms with E-state index >= 15 is 0 Å². The average Bonchev–Trinajstić information content (AvgIpc) is 2.93. The van der Waals surface area contributed by atoms with Crippen LogP contribution in [0, 0.1) is 0 Å². The van der Waals surface area contributed by atoms with Crippen LogP contribution in [0.15, 0.2) is 53.7 Å². The van der Waals surface area contributed by atoms with Crippen LogP contribution in [0.1, 0.15) is 22.2 Å². The molecule has 1 amide bonds. The van der Waals surface area contributed by atoms with Crippen LogP contribution in [0.3, 0.4) is 0 Å².